The summed E-state index contributed by atoms with van der Waals surface area (Å²) in [5.41, 5.74) is 0.900. The van der Waals surface area contributed by atoms with Gasteiger partial charge in [-0.2, -0.15) is 0 Å². The van der Waals surface area contributed by atoms with Crippen molar-refractivity contribution in [2.45, 2.75) is 4.90 Å². The highest BCUT2D eigenvalue weighted by molar-refractivity contribution is 7.92. The number of hydrogen-bond donors (Lipinski definition) is 1. The average Bonchev–Trinajstić information content (AvgIpc) is 2.47. The first-order valence-corrected chi connectivity index (χ1v) is 7.67. The van der Waals surface area contributed by atoms with Gasteiger partial charge in [-0.1, -0.05) is 24.3 Å². The number of aromatic nitrogens is 1. The van der Waals surface area contributed by atoms with E-state index in [9.17, 15) is 12.8 Å². The number of pyridine rings is 1. The smallest absolute Gasteiger partial charge is 0.262 e. The molecule has 0 radical (unpaired) electrons. The zero-order chi connectivity index (χ0) is 14.9. The maximum Gasteiger partial charge on any atom is 0.262 e. The monoisotopic (exact) mass is 302 g/mol. The van der Waals surface area contributed by atoms with Crippen molar-refractivity contribution < 1.29 is 12.8 Å². The van der Waals surface area contributed by atoms with Crippen molar-refractivity contribution in [1.82, 2.24) is 4.98 Å². The van der Waals surface area contributed by atoms with Crippen LogP contribution in [0, 0.1) is 5.82 Å². The summed E-state index contributed by atoms with van der Waals surface area (Å²) < 4.78 is 40.2. The molecule has 0 unspecified atom stereocenters. The molecule has 0 atom stereocenters. The molecule has 0 bridgehead atoms. The van der Waals surface area contributed by atoms with Crippen LogP contribution in [0.5, 0.6) is 0 Å². The number of halogens is 1. The summed E-state index contributed by atoms with van der Waals surface area (Å²) in [6.45, 7) is 0. The maximum absolute atomic E-state index is 13.2. The third-order valence-electron chi connectivity index (χ3n) is 2.98. The molecule has 0 aliphatic rings. The fourth-order valence-corrected chi connectivity index (χ4v) is 3.12. The molecule has 3 aromatic rings. The molecule has 1 aromatic heterocycles. The number of fused-ring (bicyclic) bond motifs is 1. The van der Waals surface area contributed by atoms with Gasteiger partial charge in [0.25, 0.3) is 10.0 Å². The lowest BCUT2D eigenvalue weighted by molar-refractivity contribution is 0.595. The van der Waals surface area contributed by atoms with Gasteiger partial charge in [-0.3, -0.25) is 9.71 Å². The van der Waals surface area contributed by atoms with Crippen LogP contribution in [0.15, 0.2) is 65.7 Å². The number of para-hydroxylation sites is 1. The molecule has 6 heteroatoms. The Kier molecular flexibility index (Phi) is 3.31. The second-order valence-electron chi connectivity index (χ2n) is 4.44. The van der Waals surface area contributed by atoms with Crippen LogP contribution < -0.4 is 4.72 Å². The standard InChI is InChI=1S/C15H11FN2O2S/c16-12-6-2-7-13(10-12)21(19,20)18-14-8-1-4-11-5-3-9-17-15(11)14/h1-10,18H. The van der Waals surface area contributed by atoms with Crippen LogP contribution in [0.25, 0.3) is 10.9 Å². The van der Waals surface area contributed by atoms with Gasteiger partial charge >= 0.3 is 0 Å². The van der Waals surface area contributed by atoms with Crippen LogP contribution in [-0.4, -0.2) is 13.4 Å². The number of hydrogen-bond acceptors (Lipinski definition) is 3. The van der Waals surface area contributed by atoms with E-state index in [1.165, 1.54) is 18.2 Å². The lowest BCUT2D eigenvalue weighted by Crippen LogP contribution is -2.13. The summed E-state index contributed by atoms with van der Waals surface area (Å²) in [5.74, 6) is -0.603. The molecule has 3 rings (SSSR count). The molecule has 0 spiro atoms. The van der Waals surface area contributed by atoms with Gasteiger partial charge in [0.2, 0.25) is 0 Å². The van der Waals surface area contributed by atoms with E-state index in [4.69, 9.17) is 0 Å². The molecule has 0 aliphatic carbocycles. The molecular formula is C15H11FN2O2S. The van der Waals surface area contributed by atoms with Crippen LogP contribution in [0.4, 0.5) is 10.1 Å². The Morgan fingerprint density at radius 1 is 1.00 bits per heavy atom. The normalized spacial score (nSPS) is 11.5. The Morgan fingerprint density at radius 2 is 1.76 bits per heavy atom. The lowest BCUT2D eigenvalue weighted by Gasteiger charge is -2.10. The number of sulfonamides is 1. The fourth-order valence-electron chi connectivity index (χ4n) is 2.02. The van der Waals surface area contributed by atoms with Crippen LogP contribution in [0.2, 0.25) is 0 Å². The molecule has 0 fully saturated rings. The van der Waals surface area contributed by atoms with Gasteiger partial charge in [-0.15, -0.1) is 0 Å². The topological polar surface area (TPSA) is 59.1 Å². The van der Waals surface area contributed by atoms with E-state index < -0.39 is 15.8 Å². The van der Waals surface area contributed by atoms with Crippen molar-refractivity contribution in [3.05, 3.63) is 66.6 Å². The van der Waals surface area contributed by atoms with Gasteiger partial charge in [0.05, 0.1) is 16.1 Å². The maximum atomic E-state index is 13.2. The minimum atomic E-state index is -3.86. The van der Waals surface area contributed by atoms with Crippen molar-refractivity contribution in [3.63, 3.8) is 0 Å². The highest BCUT2D eigenvalue weighted by Crippen LogP contribution is 2.23. The van der Waals surface area contributed by atoms with E-state index in [1.54, 1.807) is 24.4 Å². The molecule has 0 saturated carbocycles. The SMILES string of the molecule is O=S(=O)(Nc1cccc2cccnc12)c1cccc(F)c1. The Hall–Kier alpha value is -2.47. The predicted molar refractivity (Wildman–Crippen MR) is 79.0 cm³/mol. The first-order valence-electron chi connectivity index (χ1n) is 6.18. The summed E-state index contributed by atoms with van der Waals surface area (Å²) in [6.07, 6.45) is 1.59. The zero-order valence-electron chi connectivity index (χ0n) is 10.8. The predicted octanol–water partition coefficient (Wildman–Crippen LogP) is 3.17. The third-order valence-corrected chi connectivity index (χ3v) is 4.35. The summed E-state index contributed by atoms with van der Waals surface area (Å²) in [5, 5.41) is 0.817. The number of anilines is 1. The van der Waals surface area contributed by atoms with Crippen LogP contribution in [0.1, 0.15) is 0 Å². The Bertz CT molecular complexity index is 905. The summed E-state index contributed by atoms with van der Waals surface area (Å²) in [7, 11) is -3.86. The van der Waals surface area contributed by atoms with E-state index in [0.717, 1.165) is 11.5 Å². The molecular weight excluding hydrogens is 291 g/mol. The Balaban J connectivity index is 2.06. The van der Waals surface area contributed by atoms with Crippen molar-refractivity contribution in [2.24, 2.45) is 0 Å². The van der Waals surface area contributed by atoms with Gasteiger partial charge in [0, 0.05) is 11.6 Å². The third kappa shape index (κ3) is 2.71. The van der Waals surface area contributed by atoms with Crippen molar-refractivity contribution in [3.8, 4) is 0 Å². The molecule has 0 saturated heterocycles. The minimum absolute atomic E-state index is 0.129. The summed E-state index contributed by atoms with van der Waals surface area (Å²) >= 11 is 0. The van der Waals surface area contributed by atoms with Gasteiger partial charge in [-0.05, 0) is 30.3 Å². The number of nitrogens with zero attached hydrogens (tertiary/aromatic N) is 1. The van der Waals surface area contributed by atoms with Gasteiger partial charge in [0.1, 0.15) is 5.82 Å². The van der Waals surface area contributed by atoms with Gasteiger partial charge in [-0.25, -0.2) is 12.8 Å². The van der Waals surface area contributed by atoms with Crippen LogP contribution in [-0.2, 0) is 10.0 Å². The number of rotatable bonds is 3. The second-order valence-corrected chi connectivity index (χ2v) is 6.13. The Labute approximate surface area is 121 Å². The zero-order valence-corrected chi connectivity index (χ0v) is 11.6. The van der Waals surface area contributed by atoms with Gasteiger partial charge < -0.3 is 0 Å². The molecule has 1 N–H and O–H groups in total. The first-order chi connectivity index (χ1) is 10.1. The number of benzene rings is 2. The summed E-state index contributed by atoms with van der Waals surface area (Å²) in [6, 6.07) is 13.6. The molecule has 4 nitrogen and oxygen atoms in total. The first kappa shape index (κ1) is 13.5. The van der Waals surface area contributed by atoms with Crippen LogP contribution in [0.3, 0.4) is 0 Å². The average molecular weight is 302 g/mol. The van der Waals surface area contributed by atoms with Crippen LogP contribution >= 0.6 is 0 Å². The highest BCUT2D eigenvalue weighted by atomic mass is 32.2. The molecule has 106 valence electrons. The van der Waals surface area contributed by atoms with E-state index in [2.05, 4.69) is 9.71 Å². The molecule has 0 aliphatic heterocycles. The fraction of sp³-hybridized carbons (Fsp3) is 0. The quantitative estimate of drug-likeness (QED) is 0.808. The summed E-state index contributed by atoms with van der Waals surface area (Å²) in [4.78, 5) is 4.05. The molecule has 2 aromatic carbocycles. The number of nitrogens with one attached hydrogen (secondary N) is 1. The van der Waals surface area contributed by atoms with Crippen molar-refractivity contribution in [1.29, 1.82) is 0 Å². The minimum Gasteiger partial charge on any atom is -0.277 e. The molecule has 21 heavy (non-hydrogen) atoms. The van der Waals surface area contributed by atoms with E-state index in [1.807, 2.05) is 12.1 Å². The largest absolute Gasteiger partial charge is 0.277 e. The molecule has 0 amide bonds. The van der Waals surface area contributed by atoms with E-state index in [-0.39, 0.29) is 4.90 Å². The lowest BCUT2D eigenvalue weighted by atomic mass is 10.2. The van der Waals surface area contributed by atoms with Gasteiger partial charge in [0.15, 0.2) is 0 Å². The molecule has 1 heterocycles. The van der Waals surface area contributed by atoms with Crippen molar-refractivity contribution >= 4 is 26.6 Å². The highest BCUT2D eigenvalue weighted by Gasteiger charge is 2.16. The van der Waals surface area contributed by atoms with Crippen molar-refractivity contribution in [2.75, 3.05) is 4.72 Å². The second kappa shape index (κ2) is 5.14. The Morgan fingerprint density at radius 3 is 2.57 bits per heavy atom. The van der Waals surface area contributed by atoms with E-state index >= 15 is 0 Å². The van der Waals surface area contributed by atoms with E-state index in [0.29, 0.717) is 11.2 Å².